The molecule has 20 heavy (non-hydrogen) atoms. The lowest BCUT2D eigenvalue weighted by atomic mass is 10.0. The zero-order valence-electron chi connectivity index (χ0n) is 12.3. The summed E-state index contributed by atoms with van der Waals surface area (Å²) in [6.07, 6.45) is 4.66. The monoisotopic (exact) mass is 318 g/mol. The van der Waals surface area contributed by atoms with Crippen LogP contribution in [0, 0.1) is 0 Å². The lowest BCUT2D eigenvalue weighted by Crippen LogP contribution is -2.17. The smallest absolute Gasteiger partial charge is 0.153 e. The van der Waals surface area contributed by atoms with E-state index >= 15 is 0 Å². The largest absolute Gasteiger partial charge is 0.209 e. The van der Waals surface area contributed by atoms with Crippen molar-refractivity contribution in [2.24, 2.45) is 0 Å². The predicted molar refractivity (Wildman–Crippen MR) is 96.0 cm³/mol. The Morgan fingerprint density at radius 1 is 1.00 bits per heavy atom. The summed E-state index contributed by atoms with van der Waals surface area (Å²) in [7, 11) is 0.0664. The van der Waals surface area contributed by atoms with Gasteiger partial charge in [-0.2, -0.15) is 11.1 Å². The first-order chi connectivity index (χ1) is 9.39. The molecule has 1 aliphatic carbocycles. The van der Waals surface area contributed by atoms with Crippen LogP contribution in [-0.4, -0.2) is 11.4 Å². The molecule has 0 nitrogen and oxygen atoms in total. The fourth-order valence-corrected chi connectivity index (χ4v) is 11.4. The molecule has 0 amide bonds. The summed E-state index contributed by atoms with van der Waals surface area (Å²) in [6, 6.07) is 10.7. The van der Waals surface area contributed by atoms with Gasteiger partial charge in [0.25, 0.3) is 0 Å². The average Bonchev–Trinajstić information content (AvgIpc) is 2.86. The van der Waals surface area contributed by atoms with E-state index in [0.717, 1.165) is 0 Å². The third-order valence-corrected chi connectivity index (χ3v) is 12.0. The Hall–Kier alpha value is -0.833. The fourth-order valence-electron chi connectivity index (χ4n) is 2.90. The molecule has 0 fully saturated rings. The third kappa shape index (κ3) is 2.20. The summed E-state index contributed by atoms with van der Waals surface area (Å²) >= 11 is 6.90. The average molecular weight is 319 g/mol. The Balaban J connectivity index is 2.28. The molecule has 1 atom stereocenters. The Morgan fingerprint density at radius 2 is 1.65 bits per heavy atom. The highest BCUT2D eigenvalue weighted by Gasteiger charge is 2.36. The van der Waals surface area contributed by atoms with Gasteiger partial charge in [-0.3, -0.25) is 0 Å². The maximum atomic E-state index is 6.90. The van der Waals surface area contributed by atoms with Crippen LogP contribution in [-0.2, 0) is 0 Å². The van der Waals surface area contributed by atoms with Gasteiger partial charge in [-0.15, -0.1) is 9.93 Å². The van der Waals surface area contributed by atoms with Crippen molar-refractivity contribution in [2.45, 2.75) is 26.9 Å². The highest BCUT2D eigenvalue weighted by Crippen LogP contribution is 2.53. The molecular weight excluding hydrogens is 300 g/mol. The Morgan fingerprint density at radius 3 is 2.25 bits per heavy atom. The van der Waals surface area contributed by atoms with Crippen molar-refractivity contribution >= 4 is 32.4 Å². The van der Waals surface area contributed by atoms with Crippen LogP contribution >= 0.6 is 21.0 Å². The van der Waals surface area contributed by atoms with Gasteiger partial charge in [-0.25, -0.2) is 0 Å². The van der Waals surface area contributed by atoms with Gasteiger partial charge in [0, 0.05) is 9.77 Å². The minimum absolute atomic E-state index is 0.0664. The molecule has 1 aromatic carbocycles. The van der Waals surface area contributed by atoms with E-state index < -0.39 is 6.53 Å². The molecule has 0 bridgehead atoms. The standard InChI is InChI=1S/C17H19ClSSi/c1-12-10-15-13(2)17(14-8-6-5-7-9-14)19(16(15)11-12)20(3,4)18/h5-11H,1-4H3. The summed E-state index contributed by atoms with van der Waals surface area (Å²) in [5.74, 6) is 0. The second-order valence-electron chi connectivity index (χ2n) is 5.80. The third-order valence-electron chi connectivity index (χ3n) is 3.69. The second-order valence-corrected chi connectivity index (χ2v) is 17.8. The Bertz CT molecular complexity index is 700. The van der Waals surface area contributed by atoms with E-state index in [9.17, 15) is 0 Å². The molecule has 0 aromatic heterocycles. The zero-order chi connectivity index (χ0) is 14.5. The molecule has 3 rings (SSSR count). The van der Waals surface area contributed by atoms with Crippen molar-refractivity contribution in [1.29, 1.82) is 0 Å². The van der Waals surface area contributed by atoms with Crippen LogP contribution in [0.15, 0.2) is 64.1 Å². The van der Waals surface area contributed by atoms with Crippen LogP contribution in [0.1, 0.15) is 19.4 Å². The first-order valence-electron chi connectivity index (χ1n) is 6.87. The Labute approximate surface area is 129 Å². The van der Waals surface area contributed by atoms with Gasteiger partial charge in [0.15, 0.2) is 0 Å². The molecule has 3 heteroatoms. The van der Waals surface area contributed by atoms with Crippen molar-refractivity contribution in [3.63, 3.8) is 0 Å². The van der Waals surface area contributed by atoms with Gasteiger partial charge >= 0.3 is 0 Å². The van der Waals surface area contributed by atoms with Crippen LogP contribution < -0.4 is 0 Å². The molecule has 0 N–H and O–H groups in total. The summed E-state index contributed by atoms with van der Waals surface area (Å²) in [6.45, 7) is 7.16. The number of benzene rings is 1. The fraction of sp³-hybridized carbons (Fsp3) is 0.235. The normalized spacial score (nSPS) is 22.1. The molecule has 0 saturated heterocycles. The molecule has 2 aliphatic rings. The van der Waals surface area contributed by atoms with Gasteiger partial charge in [0.05, 0.1) is 0 Å². The number of hydrogen-bond acceptors (Lipinski definition) is 0. The highest BCUT2D eigenvalue weighted by molar-refractivity contribution is 8.48. The van der Waals surface area contributed by atoms with Crippen molar-refractivity contribution in [3.05, 3.63) is 69.7 Å². The minimum atomic E-state index is -1.81. The van der Waals surface area contributed by atoms with Crippen LogP contribution in [0.2, 0.25) is 13.1 Å². The molecule has 0 spiro atoms. The van der Waals surface area contributed by atoms with Gasteiger partial charge in [0.1, 0.15) is 0 Å². The Kier molecular flexibility index (Phi) is 3.44. The summed E-state index contributed by atoms with van der Waals surface area (Å²) in [5, 5.41) is 0. The molecule has 1 aromatic rings. The van der Waals surface area contributed by atoms with E-state index in [0.29, 0.717) is 0 Å². The highest BCUT2D eigenvalue weighted by atomic mass is 35.6. The topological polar surface area (TPSA) is 0 Å². The van der Waals surface area contributed by atoms with Crippen molar-refractivity contribution < 1.29 is 0 Å². The van der Waals surface area contributed by atoms with Crippen LogP contribution in [0.25, 0.3) is 0 Å². The molecule has 0 saturated carbocycles. The molecule has 0 radical (unpaired) electrons. The van der Waals surface area contributed by atoms with Crippen molar-refractivity contribution in [1.82, 2.24) is 0 Å². The molecule has 1 aliphatic heterocycles. The summed E-state index contributed by atoms with van der Waals surface area (Å²) in [5.41, 5.74) is 5.53. The van der Waals surface area contributed by atoms with Crippen LogP contribution in [0.3, 0.4) is 0 Å². The predicted octanol–water partition coefficient (Wildman–Crippen LogP) is 5.59. The number of fused-ring (bicyclic) bond motifs is 1. The zero-order valence-corrected chi connectivity index (χ0v) is 14.9. The van der Waals surface area contributed by atoms with E-state index in [1.807, 2.05) is 0 Å². The number of allylic oxidation sites excluding steroid dienone is 5. The van der Waals surface area contributed by atoms with Gasteiger partial charge in [-0.05, 0) is 55.3 Å². The maximum Gasteiger partial charge on any atom is 0.209 e. The maximum absolute atomic E-state index is 6.90. The van der Waals surface area contributed by atoms with E-state index in [-0.39, 0.29) is 9.93 Å². The molecule has 104 valence electrons. The summed E-state index contributed by atoms with van der Waals surface area (Å²) in [4.78, 5) is 2.95. The molecule has 1 unspecified atom stereocenters. The number of hydrogen-bond donors (Lipinski definition) is 0. The SMILES string of the molecule is CC1=CC2=C(C)C(c3ccccc3)=S([Si](C)(C)Cl)C2=C1. The molecular formula is C17H19ClSSi. The van der Waals surface area contributed by atoms with E-state index in [1.54, 1.807) is 0 Å². The van der Waals surface area contributed by atoms with Gasteiger partial charge in [0.2, 0.25) is 6.53 Å². The van der Waals surface area contributed by atoms with Gasteiger partial charge < -0.3 is 0 Å². The first kappa shape index (κ1) is 14.1. The summed E-state index contributed by atoms with van der Waals surface area (Å²) < 4.78 is 0. The molecule has 1 heterocycles. The van der Waals surface area contributed by atoms with Crippen LogP contribution in [0.4, 0.5) is 0 Å². The first-order valence-corrected chi connectivity index (χ1v) is 12.8. The second kappa shape index (κ2) is 4.87. The number of rotatable bonds is 2. The van der Waals surface area contributed by atoms with Gasteiger partial charge in [-0.1, -0.05) is 36.4 Å². The lowest BCUT2D eigenvalue weighted by molar-refractivity contribution is 1.50. The number of halogens is 1. The minimum Gasteiger partial charge on any atom is -0.153 e. The van der Waals surface area contributed by atoms with E-state index in [4.69, 9.17) is 11.1 Å². The van der Waals surface area contributed by atoms with Crippen molar-refractivity contribution in [3.8, 4) is 0 Å². The lowest BCUT2D eigenvalue weighted by Gasteiger charge is -2.22. The van der Waals surface area contributed by atoms with E-state index in [2.05, 4.69) is 69.4 Å². The quantitative estimate of drug-likeness (QED) is 0.379. The van der Waals surface area contributed by atoms with Crippen molar-refractivity contribution in [2.75, 3.05) is 0 Å². The van der Waals surface area contributed by atoms with Crippen LogP contribution in [0.5, 0.6) is 0 Å². The van der Waals surface area contributed by atoms with E-state index in [1.165, 1.54) is 32.1 Å².